The maximum absolute atomic E-state index is 12.6. The van der Waals surface area contributed by atoms with E-state index >= 15 is 0 Å². The van der Waals surface area contributed by atoms with E-state index in [1.54, 1.807) is 4.90 Å². The zero-order chi connectivity index (χ0) is 20.5. The lowest BCUT2D eigenvalue weighted by Gasteiger charge is -2.26. The van der Waals surface area contributed by atoms with Crippen LogP contribution in [0.2, 0.25) is 0 Å². The molecule has 2 fully saturated rings. The minimum Gasteiger partial charge on any atom is -0.378 e. The predicted octanol–water partition coefficient (Wildman–Crippen LogP) is 3.86. The molecule has 0 saturated carbocycles. The molecule has 0 spiro atoms. The fourth-order valence-corrected chi connectivity index (χ4v) is 4.47. The summed E-state index contributed by atoms with van der Waals surface area (Å²) in [6.45, 7) is 3.26. The maximum Gasteiger partial charge on any atom is 0.266 e. The molecule has 0 unspecified atom stereocenters. The van der Waals surface area contributed by atoms with E-state index < -0.39 is 0 Å². The summed E-state index contributed by atoms with van der Waals surface area (Å²) in [7, 11) is 0. The van der Waals surface area contributed by atoms with Crippen LogP contribution in [0.1, 0.15) is 31.2 Å². The van der Waals surface area contributed by atoms with Gasteiger partial charge in [0.1, 0.15) is 4.32 Å². The number of unbranched alkanes of at least 4 members (excludes halogenated alkanes) is 2. The van der Waals surface area contributed by atoms with Crippen molar-refractivity contribution in [2.45, 2.75) is 25.7 Å². The molecule has 2 saturated heterocycles. The highest BCUT2D eigenvalue weighted by Crippen LogP contribution is 2.31. The van der Waals surface area contributed by atoms with Gasteiger partial charge in [0.05, 0.1) is 18.1 Å². The molecule has 0 bridgehead atoms. The van der Waals surface area contributed by atoms with E-state index in [2.05, 4.69) is 0 Å². The third kappa shape index (κ3) is 6.52. The SMILES string of the molecule is O=C(CCCCCN1C(=O)/C(=C/C=C/c2ccccc2)SC1=S)N1CCOCC1. The van der Waals surface area contributed by atoms with Crippen molar-refractivity contribution in [2.24, 2.45) is 0 Å². The monoisotopic (exact) mass is 430 g/mol. The van der Waals surface area contributed by atoms with Crippen LogP contribution in [0.5, 0.6) is 0 Å². The van der Waals surface area contributed by atoms with Crippen molar-refractivity contribution in [3.05, 3.63) is 53.0 Å². The molecular formula is C22H26N2O3S2. The summed E-state index contributed by atoms with van der Waals surface area (Å²) < 4.78 is 5.88. The normalized spacial score (nSPS) is 19.0. The average molecular weight is 431 g/mol. The third-order valence-electron chi connectivity index (χ3n) is 4.85. The zero-order valence-corrected chi connectivity index (χ0v) is 18.1. The topological polar surface area (TPSA) is 49.9 Å². The first-order chi connectivity index (χ1) is 14.1. The van der Waals surface area contributed by atoms with Gasteiger partial charge >= 0.3 is 0 Å². The van der Waals surface area contributed by atoms with E-state index in [4.69, 9.17) is 17.0 Å². The van der Waals surface area contributed by atoms with Gasteiger partial charge in [0.2, 0.25) is 5.91 Å². The molecule has 5 nitrogen and oxygen atoms in total. The lowest BCUT2D eigenvalue weighted by Crippen LogP contribution is -2.40. The van der Waals surface area contributed by atoms with Gasteiger partial charge < -0.3 is 9.64 Å². The molecule has 29 heavy (non-hydrogen) atoms. The van der Waals surface area contributed by atoms with E-state index in [0.717, 1.165) is 24.8 Å². The average Bonchev–Trinajstić information content (AvgIpc) is 3.02. The first-order valence-electron chi connectivity index (χ1n) is 9.98. The molecule has 2 amide bonds. The number of carbonyl (C=O) groups excluding carboxylic acids is 2. The van der Waals surface area contributed by atoms with Gasteiger partial charge in [0, 0.05) is 26.1 Å². The van der Waals surface area contributed by atoms with Crippen LogP contribution < -0.4 is 0 Å². The molecule has 7 heteroatoms. The molecule has 0 radical (unpaired) electrons. The number of allylic oxidation sites excluding steroid dienone is 2. The maximum atomic E-state index is 12.6. The Morgan fingerprint density at radius 2 is 1.90 bits per heavy atom. The molecule has 0 N–H and O–H groups in total. The van der Waals surface area contributed by atoms with Crippen molar-refractivity contribution in [1.82, 2.24) is 9.80 Å². The van der Waals surface area contributed by atoms with E-state index in [0.29, 0.717) is 48.5 Å². The lowest BCUT2D eigenvalue weighted by atomic mass is 10.1. The summed E-state index contributed by atoms with van der Waals surface area (Å²) in [6.07, 6.45) is 8.82. The lowest BCUT2D eigenvalue weighted by molar-refractivity contribution is -0.135. The van der Waals surface area contributed by atoms with Gasteiger partial charge in [-0.15, -0.1) is 0 Å². The smallest absolute Gasteiger partial charge is 0.266 e. The van der Waals surface area contributed by atoms with Crippen LogP contribution >= 0.6 is 24.0 Å². The summed E-state index contributed by atoms with van der Waals surface area (Å²) in [5.74, 6) is 0.175. The third-order valence-corrected chi connectivity index (χ3v) is 6.24. The predicted molar refractivity (Wildman–Crippen MR) is 121 cm³/mol. The van der Waals surface area contributed by atoms with Crippen molar-refractivity contribution in [3.63, 3.8) is 0 Å². The van der Waals surface area contributed by atoms with E-state index in [-0.39, 0.29) is 11.8 Å². The fourth-order valence-electron chi connectivity index (χ4n) is 3.21. The molecule has 154 valence electrons. The summed E-state index contributed by atoms with van der Waals surface area (Å²) in [6, 6.07) is 9.96. The van der Waals surface area contributed by atoms with Crippen molar-refractivity contribution in [1.29, 1.82) is 0 Å². The first kappa shape index (κ1) is 21.7. The van der Waals surface area contributed by atoms with Crippen molar-refractivity contribution in [2.75, 3.05) is 32.8 Å². The van der Waals surface area contributed by atoms with Gasteiger partial charge in [-0.3, -0.25) is 14.5 Å². The highest BCUT2D eigenvalue weighted by molar-refractivity contribution is 8.26. The second-order valence-electron chi connectivity index (χ2n) is 6.93. The summed E-state index contributed by atoms with van der Waals surface area (Å²) in [4.78, 5) is 28.9. The van der Waals surface area contributed by atoms with E-state index in [1.165, 1.54) is 11.8 Å². The Morgan fingerprint density at radius 3 is 2.66 bits per heavy atom. The number of rotatable bonds is 8. The van der Waals surface area contributed by atoms with Gasteiger partial charge in [-0.25, -0.2) is 0 Å². The van der Waals surface area contributed by atoms with Crippen LogP contribution in [0, 0.1) is 0 Å². The molecule has 0 aliphatic carbocycles. The second kappa shape index (κ2) is 11.3. The van der Waals surface area contributed by atoms with Crippen molar-refractivity contribution in [3.8, 4) is 0 Å². The van der Waals surface area contributed by atoms with Gasteiger partial charge in [-0.2, -0.15) is 0 Å². The first-order valence-corrected chi connectivity index (χ1v) is 11.2. The standard InChI is InChI=1S/C22H26N2O3S2/c25-20(23-14-16-27-17-15-23)12-5-2-6-13-24-21(26)19(29-22(24)28)11-7-10-18-8-3-1-4-9-18/h1,3-4,7-11H,2,5-6,12-17H2/b10-7+,19-11-. The molecule has 2 aliphatic heterocycles. The second-order valence-corrected chi connectivity index (χ2v) is 8.61. The van der Waals surface area contributed by atoms with Crippen LogP contribution in [0.15, 0.2) is 47.4 Å². The molecule has 1 aromatic carbocycles. The van der Waals surface area contributed by atoms with Crippen LogP contribution in [-0.2, 0) is 14.3 Å². The minimum atomic E-state index is -0.0258. The Balaban J connectivity index is 1.39. The van der Waals surface area contributed by atoms with E-state index in [9.17, 15) is 9.59 Å². The number of hydrogen-bond acceptors (Lipinski definition) is 5. The Bertz CT molecular complexity index is 787. The van der Waals surface area contributed by atoms with E-state index in [1.807, 2.05) is 53.5 Å². The molecule has 1 aromatic rings. The van der Waals surface area contributed by atoms with Crippen LogP contribution in [0.3, 0.4) is 0 Å². The summed E-state index contributed by atoms with van der Waals surface area (Å²) in [5.41, 5.74) is 1.09. The minimum absolute atomic E-state index is 0.0258. The molecule has 2 heterocycles. The molecule has 0 aromatic heterocycles. The summed E-state index contributed by atoms with van der Waals surface area (Å²) >= 11 is 6.72. The number of nitrogens with zero attached hydrogens (tertiary/aromatic N) is 2. The molecule has 3 rings (SSSR count). The highest BCUT2D eigenvalue weighted by atomic mass is 32.2. The summed E-state index contributed by atoms with van der Waals surface area (Å²) in [5, 5.41) is 0. The fraction of sp³-hybridized carbons (Fsp3) is 0.409. The van der Waals surface area contributed by atoms with Gasteiger partial charge in [-0.1, -0.05) is 72.9 Å². The van der Waals surface area contributed by atoms with Gasteiger partial charge in [0.25, 0.3) is 5.91 Å². The largest absolute Gasteiger partial charge is 0.378 e. The number of hydrogen-bond donors (Lipinski definition) is 0. The van der Waals surface area contributed by atoms with Crippen LogP contribution in [0.4, 0.5) is 0 Å². The number of benzene rings is 1. The molecule has 0 atom stereocenters. The Kier molecular flexibility index (Phi) is 8.46. The molecule has 2 aliphatic rings. The Morgan fingerprint density at radius 1 is 1.14 bits per heavy atom. The number of amides is 2. The zero-order valence-electron chi connectivity index (χ0n) is 16.4. The number of morpholine rings is 1. The quantitative estimate of drug-likeness (QED) is 0.356. The number of thiocarbonyl (C=S) groups is 1. The van der Waals surface area contributed by atoms with Gasteiger partial charge in [-0.05, 0) is 24.5 Å². The molecular weight excluding hydrogens is 404 g/mol. The van der Waals surface area contributed by atoms with Gasteiger partial charge in [0.15, 0.2) is 0 Å². The van der Waals surface area contributed by atoms with Crippen molar-refractivity contribution >= 4 is 46.2 Å². The number of carbonyl (C=O) groups is 2. The highest BCUT2D eigenvalue weighted by Gasteiger charge is 2.31. The van der Waals surface area contributed by atoms with Crippen LogP contribution in [0.25, 0.3) is 6.08 Å². The Hall–Kier alpha value is -1.96. The van der Waals surface area contributed by atoms with Crippen LogP contribution in [-0.4, -0.2) is 58.8 Å². The Labute approximate surface area is 181 Å². The number of thioether (sulfide) groups is 1. The number of ether oxygens (including phenoxy) is 1. The van der Waals surface area contributed by atoms with Crippen molar-refractivity contribution < 1.29 is 14.3 Å².